The number of carboxylic acids is 1. The van der Waals surface area contributed by atoms with E-state index in [2.05, 4.69) is 26.0 Å². The Morgan fingerprint density at radius 3 is 2.59 bits per heavy atom. The van der Waals surface area contributed by atoms with Gasteiger partial charge in [-0.1, -0.05) is 24.3 Å². The second-order valence-corrected chi connectivity index (χ2v) is 5.15. The molecule has 0 radical (unpaired) electrons. The third-order valence-corrected chi connectivity index (χ3v) is 3.77. The van der Waals surface area contributed by atoms with Crippen molar-refractivity contribution in [1.82, 2.24) is 0 Å². The molecule has 3 N–H and O–H groups in total. The van der Waals surface area contributed by atoms with Crippen LogP contribution in [0.25, 0.3) is 0 Å². The first-order valence-corrected chi connectivity index (χ1v) is 6.22. The smallest absolute Gasteiger partial charge is 0.321 e. The molecule has 2 atom stereocenters. The Morgan fingerprint density at radius 1 is 1.47 bits per heavy atom. The molecular formula is C12H18ClNO2S. The van der Waals surface area contributed by atoms with E-state index in [0.717, 1.165) is 0 Å². The van der Waals surface area contributed by atoms with Crippen LogP contribution in [0.3, 0.4) is 0 Å². The van der Waals surface area contributed by atoms with Crippen molar-refractivity contribution >= 4 is 30.1 Å². The number of aliphatic carboxylic acids is 1. The van der Waals surface area contributed by atoms with Gasteiger partial charge in [0, 0.05) is 11.0 Å². The van der Waals surface area contributed by atoms with Crippen LogP contribution in [0.5, 0.6) is 0 Å². The zero-order valence-corrected chi connectivity index (χ0v) is 11.6. The molecule has 1 aromatic carbocycles. The van der Waals surface area contributed by atoms with Gasteiger partial charge in [-0.15, -0.1) is 12.4 Å². The van der Waals surface area contributed by atoms with Crippen molar-refractivity contribution in [3.63, 3.8) is 0 Å². The second-order valence-electron chi connectivity index (χ2n) is 3.78. The van der Waals surface area contributed by atoms with Crippen LogP contribution in [-0.4, -0.2) is 22.9 Å². The molecule has 17 heavy (non-hydrogen) atoms. The molecule has 0 aliphatic heterocycles. The summed E-state index contributed by atoms with van der Waals surface area (Å²) in [6, 6.07) is 7.34. The van der Waals surface area contributed by atoms with Crippen LogP contribution in [0, 0.1) is 6.92 Å². The van der Waals surface area contributed by atoms with E-state index in [0.29, 0.717) is 5.75 Å². The van der Waals surface area contributed by atoms with Crippen LogP contribution in [0.1, 0.15) is 23.3 Å². The third-order valence-electron chi connectivity index (χ3n) is 2.47. The number of halogens is 1. The van der Waals surface area contributed by atoms with Gasteiger partial charge < -0.3 is 10.8 Å². The molecule has 3 nitrogen and oxygen atoms in total. The SMILES string of the molecule is Cc1ccccc1C(C)SC[C@H](N)C(=O)O.Cl. The number of carbonyl (C=O) groups is 1. The minimum Gasteiger partial charge on any atom is -0.480 e. The monoisotopic (exact) mass is 275 g/mol. The number of hydrogen-bond donors (Lipinski definition) is 2. The summed E-state index contributed by atoms with van der Waals surface area (Å²) < 4.78 is 0. The Hall–Kier alpha value is -0.710. The summed E-state index contributed by atoms with van der Waals surface area (Å²) in [4.78, 5) is 10.6. The van der Waals surface area contributed by atoms with Gasteiger partial charge in [0.2, 0.25) is 0 Å². The van der Waals surface area contributed by atoms with Gasteiger partial charge >= 0.3 is 5.97 Å². The molecule has 0 spiro atoms. The molecular weight excluding hydrogens is 258 g/mol. The highest BCUT2D eigenvalue weighted by atomic mass is 35.5. The lowest BCUT2D eigenvalue weighted by atomic mass is 10.1. The van der Waals surface area contributed by atoms with E-state index in [1.54, 1.807) is 11.8 Å². The van der Waals surface area contributed by atoms with Crippen molar-refractivity contribution in [3.8, 4) is 0 Å². The average Bonchev–Trinajstić information content (AvgIpc) is 2.25. The molecule has 0 saturated heterocycles. The normalized spacial score (nSPS) is 13.6. The fraction of sp³-hybridized carbons (Fsp3) is 0.417. The van der Waals surface area contributed by atoms with Crippen molar-refractivity contribution < 1.29 is 9.90 Å². The third kappa shape index (κ3) is 4.98. The standard InChI is InChI=1S/C12H17NO2S.ClH/c1-8-5-3-4-6-10(8)9(2)16-7-11(13)12(14)15;/h3-6,9,11H,7,13H2,1-2H3,(H,14,15);1H/t9?,11-;/m0./s1. The number of benzene rings is 1. The number of carboxylic acid groups (broad SMARTS) is 1. The summed E-state index contributed by atoms with van der Waals surface area (Å²) in [5.41, 5.74) is 7.93. The van der Waals surface area contributed by atoms with Gasteiger partial charge in [-0.3, -0.25) is 4.79 Å². The first-order valence-electron chi connectivity index (χ1n) is 5.18. The van der Waals surface area contributed by atoms with Crippen molar-refractivity contribution in [3.05, 3.63) is 35.4 Å². The molecule has 96 valence electrons. The Balaban J connectivity index is 0.00000256. The molecule has 5 heteroatoms. The number of hydrogen-bond acceptors (Lipinski definition) is 3. The maximum absolute atomic E-state index is 10.6. The molecule has 1 aromatic rings. The summed E-state index contributed by atoms with van der Waals surface area (Å²) in [6.45, 7) is 4.13. The van der Waals surface area contributed by atoms with Crippen molar-refractivity contribution in [2.75, 3.05) is 5.75 Å². The minimum atomic E-state index is -0.940. The summed E-state index contributed by atoms with van der Waals surface area (Å²) >= 11 is 1.57. The molecule has 0 heterocycles. The predicted octanol–water partition coefficient (Wildman–Crippen LogP) is 2.62. The van der Waals surface area contributed by atoms with Gasteiger partial charge in [0.1, 0.15) is 6.04 Å². The molecule has 1 rings (SSSR count). The van der Waals surface area contributed by atoms with Gasteiger partial charge in [-0.25, -0.2) is 0 Å². The molecule has 0 aliphatic rings. The van der Waals surface area contributed by atoms with Gasteiger partial charge in [-0.05, 0) is 25.0 Å². The highest BCUT2D eigenvalue weighted by Gasteiger charge is 2.15. The van der Waals surface area contributed by atoms with Crippen LogP contribution < -0.4 is 5.73 Å². The Labute approximate surface area is 112 Å². The van der Waals surface area contributed by atoms with Gasteiger partial charge in [0.05, 0.1) is 0 Å². The lowest BCUT2D eigenvalue weighted by Gasteiger charge is -2.15. The topological polar surface area (TPSA) is 63.3 Å². The van der Waals surface area contributed by atoms with E-state index in [1.807, 2.05) is 12.1 Å². The van der Waals surface area contributed by atoms with E-state index in [1.165, 1.54) is 11.1 Å². The van der Waals surface area contributed by atoms with E-state index < -0.39 is 12.0 Å². The Kier molecular flexibility index (Phi) is 7.27. The quantitative estimate of drug-likeness (QED) is 0.867. The summed E-state index contributed by atoms with van der Waals surface area (Å²) in [6.07, 6.45) is 0. The van der Waals surface area contributed by atoms with Crippen LogP contribution in [0.2, 0.25) is 0 Å². The summed E-state index contributed by atoms with van der Waals surface area (Å²) in [5.74, 6) is -0.505. The second kappa shape index (κ2) is 7.58. The number of thioether (sulfide) groups is 1. The van der Waals surface area contributed by atoms with Crippen molar-refractivity contribution in [2.45, 2.75) is 25.1 Å². The first kappa shape index (κ1) is 16.3. The van der Waals surface area contributed by atoms with E-state index in [-0.39, 0.29) is 17.7 Å². The molecule has 0 aromatic heterocycles. The molecule has 0 fully saturated rings. The number of aryl methyl sites for hydroxylation is 1. The molecule has 1 unspecified atom stereocenters. The van der Waals surface area contributed by atoms with Crippen molar-refractivity contribution in [1.29, 1.82) is 0 Å². The molecule has 0 bridgehead atoms. The van der Waals surface area contributed by atoms with Gasteiger partial charge in [-0.2, -0.15) is 11.8 Å². The fourth-order valence-corrected chi connectivity index (χ4v) is 2.53. The maximum Gasteiger partial charge on any atom is 0.321 e. The molecule has 0 amide bonds. The summed E-state index contributed by atoms with van der Waals surface area (Å²) in [7, 11) is 0. The maximum atomic E-state index is 10.6. The Morgan fingerprint density at radius 2 is 2.06 bits per heavy atom. The van der Waals surface area contributed by atoms with E-state index in [4.69, 9.17) is 10.8 Å². The number of nitrogens with two attached hydrogens (primary N) is 1. The van der Waals surface area contributed by atoms with Crippen LogP contribution in [0.4, 0.5) is 0 Å². The molecule has 0 aliphatic carbocycles. The lowest BCUT2D eigenvalue weighted by molar-refractivity contribution is -0.137. The van der Waals surface area contributed by atoms with Crippen LogP contribution in [-0.2, 0) is 4.79 Å². The zero-order valence-electron chi connectivity index (χ0n) is 9.92. The van der Waals surface area contributed by atoms with Crippen LogP contribution in [0.15, 0.2) is 24.3 Å². The van der Waals surface area contributed by atoms with E-state index in [9.17, 15) is 4.79 Å². The zero-order chi connectivity index (χ0) is 12.1. The minimum absolute atomic E-state index is 0. The van der Waals surface area contributed by atoms with E-state index >= 15 is 0 Å². The highest BCUT2D eigenvalue weighted by molar-refractivity contribution is 7.99. The first-order chi connectivity index (χ1) is 7.52. The fourth-order valence-electron chi connectivity index (χ4n) is 1.45. The number of rotatable bonds is 5. The Bertz CT molecular complexity index is 373. The average molecular weight is 276 g/mol. The van der Waals surface area contributed by atoms with Crippen molar-refractivity contribution in [2.24, 2.45) is 5.73 Å². The summed E-state index contributed by atoms with van der Waals surface area (Å²) in [5, 5.41) is 8.95. The van der Waals surface area contributed by atoms with Gasteiger partial charge in [0.15, 0.2) is 0 Å². The molecule has 0 saturated carbocycles. The van der Waals surface area contributed by atoms with Gasteiger partial charge in [0.25, 0.3) is 0 Å². The predicted molar refractivity (Wildman–Crippen MR) is 74.9 cm³/mol. The van der Waals surface area contributed by atoms with Crippen LogP contribution >= 0.6 is 24.2 Å². The highest BCUT2D eigenvalue weighted by Crippen LogP contribution is 2.30. The largest absolute Gasteiger partial charge is 0.480 e. The lowest BCUT2D eigenvalue weighted by Crippen LogP contribution is -2.32.